The Bertz CT molecular complexity index is 170. The Kier molecular flexibility index (Phi) is 3.25. The average molecular weight is 142 g/mol. The van der Waals surface area contributed by atoms with Crippen molar-refractivity contribution in [3.8, 4) is 0 Å². The van der Waals surface area contributed by atoms with E-state index < -0.39 is 11.5 Å². The van der Waals surface area contributed by atoms with Gasteiger partial charge in [0, 0.05) is 12.8 Å². The Morgan fingerprint density at radius 1 is 1.20 bits per heavy atom. The maximum absolute atomic E-state index is 10.5. The molecular weight excluding hydrogens is 132 g/mol. The fourth-order valence-electron chi connectivity index (χ4n) is 0.402. The van der Waals surface area contributed by atoms with Crippen molar-refractivity contribution in [2.75, 3.05) is 0 Å². The van der Waals surface area contributed by atoms with Crippen LogP contribution < -0.4 is 0 Å². The molecule has 0 unspecified atom stereocenters. The molecule has 0 rings (SSSR count). The summed E-state index contributed by atoms with van der Waals surface area (Å²) in [5, 5.41) is 17.0. The van der Waals surface area contributed by atoms with Crippen LogP contribution in [0.25, 0.3) is 0 Å². The van der Waals surface area contributed by atoms with Gasteiger partial charge in [-0.05, 0) is 0 Å². The van der Waals surface area contributed by atoms with Crippen molar-refractivity contribution in [1.29, 1.82) is 0 Å². The highest BCUT2D eigenvalue weighted by Crippen LogP contribution is 2.01. The van der Waals surface area contributed by atoms with Crippen LogP contribution in [0.4, 0.5) is 0 Å². The topological polar surface area (TPSA) is 57.5 Å². The monoisotopic (exact) mass is 142 g/mol. The van der Waals surface area contributed by atoms with Crippen LogP contribution in [0.1, 0.15) is 12.8 Å². The molecule has 0 spiro atoms. The van der Waals surface area contributed by atoms with Crippen molar-refractivity contribution >= 4 is 5.78 Å². The minimum Gasteiger partial charge on any atom is -0.513 e. The molecule has 0 aromatic heterocycles. The van der Waals surface area contributed by atoms with Crippen molar-refractivity contribution in [2.24, 2.45) is 0 Å². The van der Waals surface area contributed by atoms with Gasteiger partial charge in [-0.15, -0.1) is 0 Å². The summed E-state index contributed by atoms with van der Waals surface area (Å²) in [6.45, 7) is 6.21. The Morgan fingerprint density at radius 3 is 2.00 bits per heavy atom. The number of Topliss-reactive ketones (excluding diaryl/α,β-unsaturated/α-hetero) is 1. The lowest BCUT2D eigenvalue weighted by atomic mass is 10.2. The lowest BCUT2D eigenvalue weighted by molar-refractivity contribution is -0.118. The molecule has 0 amide bonds. The van der Waals surface area contributed by atoms with E-state index in [9.17, 15) is 4.79 Å². The molecule has 0 saturated heterocycles. The normalized spacial score (nSPS) is 8.80. The van der Waals surface area contributed by atoms with Gasteiger partial charge >= 0.3 is 0 Å². The van der Waals surface area contributed by atoms with Gasteiger partial charge in [0.25, 0.3) is 0 Å². The summed E-state index contributed by atoms with van der Waals surface area (Å²) in [4.78, 5) is 10.5. The van der Waals surface area contributed by atoms with Gasteiger partial charge in [-0.1, -0.05) is 13.2 Å². The number of carbonyl (C=O) groups is 1. The van der Waals surface area contributed by atoms with E-state index >= 15 is 0 Å². The van der Waals surface area contributed by atoms with Crippen LogP contribution in [-0.4, -0.2) is 16.0 Å². The number of aliphatic hydroxyl groups excluding tert-OH is 2. The molecule has 0 radical (unpaired) electrons. The van der Waals surface area contributed by atoms with Crippen molar-refractivity contribution in [1.82, 2.24) is 0 Å². The van der Waals surface area contributed by atoms with E-state index in [1.807, 2.05) is 0 Å². The largest absolute Gasteiger partial charge is 0.513 e. The molecule has 2 N–H and O–H groups in total. The molecule has 3 nitrogen and oxygen atoms in total. The van der Waals surface area contributed by atoms with E-state index in [2.05, 4.69) is 13.2 Å². The van der Waals surface area contributed by atoms with Gasteiger partial charge < -0.3 is 10.2 Å². The second-order valence-electron chi connectivity index (χ2n) is 1.94. The van der Waals surface area contributed by atoms with Gasteiger partial charge in [-0.3, -0.25) is 4.79 Å². The van der Waals surface area contributed by atoms with Crippen LogP contribution in [-0.2, 0) is 4.79 Å². The van der Waals surface area contributed by atoms with Gasteiger partial charge in [0.05, 0.1) is 5.76 Å². The van der Waals surface area contributed by atoms with Gasteiger partial charge in [-0.2, -0.15) is 0 Å². The summed E-state index contributed by atoms with van der Waals surface area (Å²) in [6.07, 6.45) is 0.239. The first-order valence-electron chi connectivity index (χ1n) is 2.82. The molecule has 0 aliphatic carbocycles. The van der Waals surface area contributed by atoms with E-state index in [0.717, 1.165) is 0 Å². The molecule has 3 heteroatoms. The van der Waals surface area contributed by atoms with E-state index in [4.69, 9.17) is 10.2 Å². The quantitative estimate of drug-likeness (QED) is 0.461. The van der Waals surface area contributed by atoms with Crippen molar-refractivity contribution in [2.45, 2.75) is 12.8 Å². The van der Waals surface area contributed by atoms with E-state index in [-0.39, 0.29) is 18.6 Å². The smallest absolute Gasteiger partial charge is 0.196 e. The Morgan fingerprint density at radius 2 is 1.70 bits per heavy atom. The van der Waals surface area contributed by atoms with E-state index in [0.29, 0.717) is 0 Å². The first-order valence-corrected chi connectivity index (χ1v) is 2.82. The molecule has 0 aromatic rings. The zero-order valence-corrected chi connectivity index (χ0v) is 5.63. The molecule has 0 aromatic carbocycles. The summed E-state index contributed by atoms with van der Waals surface area (Å²) in [6, 6.07) is 0. The molecule has 0 heterocycles. The highest BCUT2D eigenvalue weighted by atomic mass is 16.3. The average Bonchev–Trinajstić information content (AvgIpc) is 1.82. The van der Waals surface area contributed by atoms with Gasteiger partial charge in [-0.25, -0.2) is 0 Å². The Hall–Kier alpha value is -1.25. The third-order valence-corrected chi connectivity index (χ3v) is 0.963. The SMILES string of the molecule is C=C(O)CCC(=O)C(=C)O. The highest BCUT2D eigenvalue weighted by Gasteiger charge is 2.04. The summed E-state index contributed by atoms with van der Waals surface area (Å²) in [7, 11) is 0. The predicted molar refractivity (Wildman–Crippen MR) is 37.8 cm³/mol. The van der Waals surface area contributed by atoms with Crippen molar-refractivity contribution < 1.29 is 15.0 Å². The van der Waals surface area contributed by atoms with Crippen molar-refractivity contribution in [3.05, 3.63) is 24.7 Å². The molecule has 10 heavy (non-hydrogen) atoms. The van der Waals surface area contributed by atoms with Crippen LogP contribution in [0.3, 0.4) is 0 Å². The van der Waals surface area contributed by atoms with Crippen LogP contribution in [0.2, 0.25) is 0 Å². The van der Waals surface area contributed by atoms with Crippen LogP contribution in [0, 0.1) is 0 Å². The molecule has 0 bridgehead atoms. The lowest BCUT2D eigenvalue weighted by Gasteiger charge is -1.95. The maximum Gasteiger partial charge on any atom is 0.196 e. The Balaban J connectivity index is 3.60. The molecule has 56 valence electrons. The summed E-state index contributed by atoms with van der Waals surface area (Å²) >= 11 is 0. The number of allylic oxidation sites excluding steroid dienone is 2. The van der Waals surface area contributed by atoms with Crippen LogP contribution >= 0.6 is 0 Å². The minimum atomic E-state index is -0.471. The lowest BCUT2D eigenvalue weighted by Crippen LogP contribution is -2.00. The second kappa shape index (κ2) is 3.71. The first kappa shape index (κ1) is 8.75. The maximum atomic E-state index is 10.5. The zero-order valence-electron chi connectivity index (χ0n) is 5.63. The molecule has 0 aliphatic heterocycles. The number of carbonyl (C=O) groups excluding carboxylic acids is 1. The molecule has 0 saturated carbocycles. The minimum absolute atomic E-state index is 0.0602. The second-order valence-corrected chi connectivity index (χ2v) is 1.94. The van der Waals surface area contributed by atoms with Crippen LogP contribution in [0.15, 0.2) is 24.7 Å². The van der Waals surface area contributed by atoms with E-state index in [1.54, 1.807) is 0 Å². The number of ketones is 1. The van der Waals surface area contributed by atoms with Crippen molar-refractivity contribution in [3.63, 3.8) is 0 Å². The third-order valence-electron chi connectivity index (χ3n) is 0.963. The molecule has 0 atom stereocenters. The van der Waals surface area contributed by atoms with Gasteiger partial charge in [0.15, 0.2) is 11.5 Å². The number of aliphatic hydroxyl groups is 2. The predicted octanol–water partition coefficient (Wildman–Crippen LogP) is 1.48. The fourth-order valence-corrected chi connectivity index (χ4v) is 0.402. The highest BCUT2D eigenvalue weighted by molar-refractivity contribution is 5.92. The summed E-state index contributed by atoms with van der Waals surface area (Å²) in [5.74, 6) is -0.994. The molecule has 0 fully saturated rings. The Labute approximate surface area is 59.3 Å². The number of hydrogen-bond acceptors (Lipinski definition) is 3. The zero-order chi connectivity index (χ0) is 8.15. The number of hydrogen-bond donors (Lipinski definition) is 2. The fraction of sp³-hybridized carbons (Fsp3) is 0.286. The van der Waals surface area contributed by atoms with Crippen LogP contribution in [0.5, 0.6) is 0 Å². The summed E-state index contributed by atoms with van der Waals surface area (Å²) in [5.41, 5.74) is 0. The van der Waals surface area contributed by atoms with Gasteiger partial charge in [0.2, 0.25) is 0 Å². The standard InChI is InChI=1S/C7H10O3/c1-5(8)3-4-7(10)6(2)9/h8-9H,1-4H2. The molecular formula is C7H10O3. The third kappa shape index (κ3) is 3.72. The molecule has 0 aliphatic rings. The number of rotatable bonds is 4. The van der Waals surface area contributed by atoms with Gasteiger partial charge in [0.1, 0.15) is 0 Å². The van der Waals surface area contributed by atoms with E-state index in [1.165, 1.54) is 0 Å². The first-order chi connectivity index (χ1) is 4.54. The summed E-state index contributed by atoms with van der Waals surface area (Å²) < 4.78 is 0.